The lowest BCUT2D eigenvalue weighted by Crippen LogP contribution is -2.23. The molecule has 2 aromatic rings. The molecule has 2 rings (SSSR count). The van der Waals surface area contributed by atoms with Crippen molar-refractivity contribution in [2.75, 3.05) is 50.7 Å². The molecule has 146 valence electrons. The molecule has 1 N–H and O–H groups in total. The average molecular weight is 373 g/mol. The minimum atomic E-state index is -0.235. The van der Waals surface area contributed by atoms with E-state index in [2.05, 4.69) is 29.0 Å². The summed E-state index contributed by atoms with van der Waals surface area (Å²) in [6.07, 6.45) is 1.59. The van der Waals surface area contributed by atoms with Gasteiger partial charge in [0.1, 0.15) is 12.4 Å². The zero-order valence-electron chi connectivity index (χ0n) is 16.3. The molecular weight excluding hydrogens is 346 g/mol. The SMILES string of the molecule is CCN(CC)c1ccc(C(=O)Nc2ccc(OC)c(OCCOC)c2)cn1. The average Bonchev–Trinajstić information content (AvgIpc) is 2.70. The molecule has 1 amide bonds. The first kappa shape index (κ1) is 20.5. The van der Waals surface area contributed by atoms with E-state index in [1.54, 1.807) is 44.7 Å². The fourth-order valence-electron chi connectivity index (χ4n) is 2.56. The summed E-state index contributed by atoms with van der Waals surface area (Å²) in [5, 5.41) is 2.86. The summed E-state index contributed by atoms with van der Waals surface area (Å²) in [6.45, 7) is 6.73. The van der Waals surface area contributed by atoms with Crippen LogP contribution < -0.4 is 19.7 Å². The third-order valence-electron chi connectivity index (χ3n) is 4.06. The van der Waals surface area contributed by atoms with E-state index in [1.807, 2.05) is 6.07 Å². The van der Waals surface area contributed by atoms with Crippen molar-refractivity contribution in [3.8, 4) is 11.5 Å². The number of nitrogens with zero attached hydrogens (tertiary/aromatic N) is 2. The summed E-state index contributed by atoms with van der Waals surface area (Å²) in [6, 6.07) is 8.87. The number of carbonyl (C=O) groups excluding carboxylic acids is 1. The van der Waals surface area contributed by atoms with Crippen molar-refractivity contribution in [1.29, 1.82) is 0 Å². The highest BCUT2D eigenvalue weighted by atomic mass is 16.5. The highest BCUT2D eigenvalue weighted by molar-refractivity contribution is 6.04. The van der Waals surface area contributed by atoms with Gasteiger partial charge in [-0.1, -0.05) is 0 Å². The maximum absolute atomic E-state index is 12.5. The van der Waals surface area contributed by atoms with Gasteiger partial charge in [0.05, 0.1) is 19.3 Å². The predicted octanol–water partition coefficient (Wildman–Crippen LogP) is 3.21. The number of hydrogen-bond donors (Lipinski definition) is 1. The van der Waals surface area contributed by atoms with Gasteiger partial charge in [0, 0.05) is 38.1 Å². The van der Waals surface area contributed by atoms with Crippen LogP contribution in [-0.2, 0) is 4.74 Å². The lowest BCUT2D eigenvalue weighted by atomic mass is 10.2. The van der Waals surface area contributed by atoms with E-state index in [0.717, 1.165) is 18.9 Å². The first-order chi connectivity index (χ1) is 13.1. The molecule has 0 spiro atoms. The van der Waals surface area contributed by atoms with Gasteiger partial charge in [0.25, 0.3) is 5.91 Å². The molecule has 7 heteroatoms. The minimum Gasteiger partial charge on any atom is -0.493 e. The van der Waals surface area contributed by atoms with E-state index in [0.29, 0.717) is 36.0 Å². The largest absolute Gasteiger partial charge is 0.493 e. The molecule has 1 aromatic heterocycles. The molecule has 1 aromatic carbocycles. The first-order valence-electron chi connectivity index (χ1n) is 8.95. The highest BCUT2D eigenvalue weighted by Crippen LogP contribution is 2.30. The van der Waals surface area contributed by atoms with Crippen LogP contribution in [0.3, 0.4) is 0 Å². The van der Waals surface area contributed by atoms with Gasteiger partial charge in [-0.3, -0.25) is 4.79 Å². The number of hydrogen-bond acceptors (Lipinski definition) is 6. The Hall–Kier alpha value is -2.80. The van der Waals surface area contributed by atoms with Crippen LogP contribution >= 0.6 is 0 Å². The molecule has 27 heavy (non-hydrogen) atoms. The van der Waals surface area contributed by atoms with E-state index in [4.69, 9.17) is 14.2 Å². The van der Waals surface area contributed by atoms with Gasteiger partial charge in [-0.05, 0) is 38.1 Å². The summed E-state index contributed by atoms with van der Waals surface area (Å²) in [5.74, 6) is 1.76. The number of methoxy groups -OCH3 is 2. The molecule has 1 heterocycles. The molecule has 0 aliphatic heterocycles. The Labute approximate surface area is 160 Å². The van der Waals surface area contributed by atoms with Crippen LogP contribution in [0.25, 0.3) is 0 Å². The minimum absolute atomic E-state index is 0.235. The Morgan fingerprint density at radius 2 is 1.85 bits per heavy atom. The van der Waals surface area contributed by atoms with Crippen molar-refractivity contribution in [3.63, 3.8) is 0 Å². The molecule has 0 fully saturated rings. The predicted molar refractivity (Wildman–Crippen MR) is 106 cm³/mol. The molecular formula is C20H27N3O4. The van der Waals surface area contributed by atoms with Crippen LogP contribution in [0.1, 0.15) is 24.2 Å². The number of nitrogens with one attached hydrogen (secondary N) is 1. The van der Waals surface area contributed by atoms with Gasteiger partial charge >= 0.3 is 0 Å². The standard InChI is InChI=1S/C20H27N3O4/c1-5-23(6-2)19-10-7-15(14-21-19)20(24)22-16-8-9-17(26-4)18(13-16)27-12-11-25-3/h7-10,13-14H,5-6,11-12H2,1-4H3,(H,22,24). The molecule has 0 unspecified atom stereocenters. The number of carbonyl (C=O) groups is 1. The Balaban J connectivity index is 2.09. The maximum atomic E-state index is 12.5. The lowest BCUT2D eigenvalue weighted by molar-refractivity contribution is 0.102. The zero-order chi connectivity index (χ0) is 19.6. The van der Waals surface area contributed by atoms with Gasteiger partial charge in [0.2, 0.25) is 0 Å². The summed E-state index contributed by atoms with van der Waals surface area (Å²) in [7, 11) is 3.18. The molecule has 0 bridgehead atoms. The third-order valence-corrected chi connectivity index (χ3v) is 4.06. The number of benzene rings is 1. The van der Waals surface area contributed by atoms with Gasteiger partial charge in [-0.15, -0.1) is 0 Å². The molecule has 0 aliphatic rings. The second-order valence-corrected chi connectivity index (χ2v) is 5.74. The van der Waals surface area contributed by atoms with Crippen LogP contribution in [0.5, 0.6) is 11.5 Å². The molecule has 7 nitrogen and oxygen atoms in total. The van der Waals surface area contributed by atoms with Crippen molar-refractivity contribution in [2.45, 2.75) is 13.8 Å². The van der Waals surface area contributed by atoms with E-state index in [9.17, 15) is 4.79 Å². The molecule has 0 saturated heterocycles. The fraction of sp³-hybridized carbons (Fsp3) is 0.400. The molecule has 0 aliphatic carbocycles. The van der Waals surface area contributed by atoms with E-state index < -0.39 is 0 Å². The lowest BCUT2D eigenvalue weighted by Gasteiger charge is -2.19. The van der Waals surface area contributed by atoms with Crippen LogP contribution in [0.15, 0.2) is 36.5 Å². The molecule has 0 radical (unpaired) electrons. The van der Waals surface area contributed by atoms with Crippen LogP contribution in [0.4, 0.5) is 11.5 Å². The summed E-state index contributed by atoms with van der Waals surface area (Å²) in [5.41, 5.74) is 1.10. The van der Waals surface area contributed by atoms with E-state index >= 15 is 0 Å². The van der Waals surface area contributed by atoms with Gasteiger partial charge in [0.15, 0.2) is 11.5 Å². The van der Waals surface area contributed by atoms with Crippen molar-refractivity contribution in [2.24, 2.45) is 0 Å². The number of aromatic nitrogens is 1. The summed E-state index contributed by atoms with van der Waals surface area (Å²) < 4.78 is 15.9. The Bertz CT molecular complexity index is 731. The van der Waals surface area contributed by atoms with Crippen molar-refractivity contribution < 1.29 is 19.0 Å². The van der Waals surface area contributed by atoms with Crippen molar-refractivity contribution in [1.82, 2.24) is 4.98 Å². The topological polar surface area (TPSA) is 72.9 Å². The fourth-order valence-corrected chi connectivity index (χ4v) is 2.56. The summed E-state index contributed by atoms with van der Waals surface area (Å²) in [4.78, 5) is 19.0. The second-order valence-electron chi connectivity index (χ2n) is 5.74. The first-order valence-corrected chi connectivity index (χ1v) is 8.95. The second kappa shape index (κ2) is 10.4. The molecule has 0 saturated carbocycles. The van der Waals surface area contributed by atoms with Crippen LogP contribution in [0, 0.1) is 0 Å². The maximum Gasteiger partial charge on any atom is 0.257 e. The van der Waals surface area contributed by atoms with Crippen molar-refractivity contribution >= 4 is 17.4 Å². The normalized spacial score (nSPS) is 10.4. The van der Waals surface area contributed by atoms with E-state index in [1.165, 1.54) is 0 Å². The third kappa shape index (κ3) is 5.59. The Morgan fingerprint density at radius 1 is 1.07 bits per heavy atom. The number of ether oxygens (including phenoxy) is 3. The number of amides is 1. The number of anilines is 2. The monoisotopic (exact) mass is 373 g/mol. The number of pyridine rings is 1. The Kier molecular flexibility index (Phi) is 7.88. The van der Waals surface area contributed by atoms with Crippen molar-refractivity contribution in [3.05, 3.63) is 42.1 Å². The van der Waals surface area contributed by atoms with Gasteiger partial charge in [-0.25, -0.2) is 4.98 Å². The highest BCUT2D eigenvalue weighted by Gasteiger charge is 2.11. The van der Waals surface area contributed by atoms with Gasteiger partial charge < -0.3 is 24.4 Å². The van der Waals surface area contributed by atoms with E-state index in [-0.39, 0.29) is 5.91 Å². The summed E-state index contributed by atoms with van der Waals surface area (Å²) >= 11 is 0. The molecule has 0 atom stereocenters. The quantitative estimate of drug-likeness (QED) is 0.645. The van der Waals surface area contributed by atoms with Crippen LogP contribution in [-0.4, -0.2) is 51.4 Å². The zero-order valence-corrected chi connectivity index (χ0v) is 16.3. The Morgan fingerprint density at radius 3 is 2.44 bits per heavy atom. The van der Waals surface area contributed by atoms with Gasteiger partial charge in [-0.2, -0.15) is 0 Å². The number of rotatable bonds is 10. The van der Waals surface area contributed by atoms with Crippen LogP contribution in [0.2, 0.25) is 0 Å². The smallest absolute Gasteiger partial charge is 0.257 e.